The molecule has 6 nitrogen and oxygen atoms in total. The average molecular weight is 318 g/mol. The van der Waals surface area contributed by atoms with Crippen LogP contribution >= 0.6 is 0 Å². The molecule has 6 heteroatoms. The van der Waals surface area contributed by atoms with Gasteiger partial charge in [0.2, 0.25) is 0 Å². The maximum Gasteiger partial charge on any atom is 0.192 e. The van der Waals surface area contributed by atoms with Gasteiger partial charge < -0.3 is 15.2 Å². The molecule has 1 aromatic rings. The fraction of sp³-hybridized carbons (Fsp3) is 0.824. The van der Waals surface area contributed by atoms with Gasteiger partial charge in [0.15, 0.2) is 11.8 Å². The van der Waals surface area contributed by atoms with E-state index >= 15 is 0 Å². The Labute approximate surface area is 139 Å². The van der Waals surface area contributed by atoms with E-state index in [1.54, 1.807) is 0 Å². The fourth-order valence-electron chi connectivity index (χ4n) is 3.03. The van der Waals surface area contributed by atoms with E-state index in [0.717, 1.165) is 17.6 Å². The van der Waals surface area contributed by atoms with Gasteiger partial charge in [-0.3, -0.25) is 0 Å². The minimum Gasteiger partial charge on any atom is -0.354 e. The van der Waals surface area contributed by atoms with Gasteiger partial charge in [-0.15, -0.1) is 10.2 Å². The molecule has 2 aliphatic rings. The Morgan fingerprint density at radius 1 is 1.13 bits per heavy atom. The molecule has 0 bridgehead atoms. The zero-order valence-corrected chi connectivity index (χ0v) is 14.9. The minimum absolute atomic E-state index is 0.496. The van der Waals surface area contributed by atoms with Crippen molar-refractivity contribution in [2.24, 2.45) is 17.5 Å². The SMILES string of the molecule is Cc1nnc(CN=C(NC2CC2)NC2CCC(C)(C)CC2)n1C. The van der Waals surface area contributed by atoms with Crippen LogP contribution < -0.4 is 10.6 Å². The van der Waals surface area contributed by atoms with Crippen molar-refractivity contribution in [3.8, 4) is 0 Å². The highest BCUT2D eigenvalue weighted by molar-refractivity contribution is 5.80. The summed E-state index contributed by atoms with van der Waals surface area (Å²) < 4.78 is 2.00. The van der Waals surface area contributed by atoms with Crippen LogP contribution in [0.4, 0.5) is 0 Å². The van der Waals surface area contributed by atoms with Gasteiger partial charge in [-0.25, -0.2) is 4.99 Å². The van der Waals surface area contributed by atoms with Gasteiger partial charge in [-0.2, -0.15) is 0 Å². The first-order chi connectivity index (χ1) is 10.9. The maximum atomic E-state index is 4.75. The summed E-state index contributed by atoms with van der Waals surface area (Å²) in [6, 6.07) is 1.14. The van der Waals surface area contributed by atoms with E-state index in [0.29, 0.717) is 24.0 Å². The zero-order chi connectivity index (χ0) is 16.4. The van der Waals surface area contributed by atoms with E-state index < -0.39 is 0 Å². The third-order valence-corrected chi connectivity index (χ3v) is 5.16. The predicted octanol–water partition coefficient (Wildman–Crippen LogP) is 2.29. The van der Waals surface area contributed by atoms with Crippen LogP contribution in [0.1, 0.15) is 64.0 Å². The van der Waals surface area contributed by atoms with E-state index in [2.05, 4.69) is 34.7 Å². The number of aromatic nitrogens is 3. The minimum atomic E-state index is 0.496. The summed E-state index contributed by atoms with van der Waals surface area (Å²) in [5.74, 6) is 2.77. The van der Waals surface area contributed by atoms with Crippen LogP contribution in [-0.4, -0.2) is 32.8 Å². The number of hydrogen-bond donors (Lipinski definition) is 2. The second-order valence-corrected chi connectivity index (χ2v) is 7.89. The lowest BCUT2D eigenvalue weighted by Gasteiger charge is -2.35. The molecule has 0 unspecified atom stereocenters. The first kappa shape index (κ1) is 16.3. The number of aliphatic imine (C=N–C) groups is 1. The molecule has 2 fully saturated rings. The smallest absolute Gasteiger partial charge is 0.192 e. The molecular formula is C17H30N6. The lowest BCUT2D eigenvalue weighted by atomic mass is 9.75. The van der Waals surface area contributed by atoms with Crippen LogP contribution in [-0.2, 0) is 13.6 Å². The van der Waals surface area contributed by atoms with Gasteiger partial charge in [0, 0.05) is 19.1 Å². The lowest BCUT2D eigenvalue weighted by molar-refractivity contribution is 0.216. The number of nitrogens with zero attached hydrogens (tertiary/aromatic N) is 4. The Bertz CT molecular complexity index is 560. The second kappa shape index (κ2) is 6.49. The van der Waals surface area contributed by atoms with Gasteiger partial charge in [-0.1, -0.05) is 13.8 Å². The molecule has 2 N–H and O–H groups in total. The topological polar surface area (TPSA) is 67.1 Å². The Kier molecular flexibility index (Phi) is 4.60. The first-order valence-corrected chi connectivity index (χ1v) is 8.85. The quantitative estimate of drug-likeness (QED) is 0.660. The molecule has 0 radical (unpaired) electrons. The molecule has 1 aromatic heterocycles. The first-order valence-electron chi connectivity index (χ1n) is 8.85. The molecule has 2 saturated carbocycles. The third kappa shape index (κ3) is 4.45. The highest BCUT2D eigenvalue weighted by Crippen LogP contribution is 2.35. The Hall–Kier alpha value is -1.59. The molecule has 0 spiro atoms. The number of nitrogens with one attached hydrogen (secondary N) is 2. The fourth-order valence-corrected chi connectivity index (χ4v) is 3.03. The summed E-state index contributed by atoms with van der Waals surface area (Å²) in [7, 11) is 1.99. The summed E-state index contributed by atoms with van der Waals surface area (Å²) in [5.41, 5.74) is 0.496. The largest absolute Gasteiger partial charge is 0.354 e. The summed E-state index contributed by atoms with van der Waals surface area (Å²) in [6.45, 7) is 7.28. The van der Waals surface area contributed by atoms with E-state index in [-0.39, 0.29) is 0 Å². The third-order valence-electron chi connectivity index (χ3n) is 5.16. The van der Waals surface area contributed by atoms with E-state index in [1.165, 1.54) is 38.5 Å². The van der Waals surface area contributed by atoms with Crippen molar-refractivity contribution >= 4 is 5.96 Å². The molecule has 0 aromatic carbocycles. The summed E-state index contributed by atoms with van der Waals surface area (Å²) in [4.78, 5) is 4.75. The molecule has 3 rings (SSSR count). The Balaban J connectivity index is 1.61. The Morgan fingerprint density at radius 3 is 2.26 bits per heavy atom. The van der Waals surface area contributed by atoms with E-state index in [4.69, 9.17) is 4.99 Å². The van der Waals surface area contributed by atoms with Crippen LogP contribution in [0.2, 0.25) is 0 Å². The number of hydrogen-bond acceptors (Lipinski definition) is 3. The highest BCUT2D eigenvalue weighted by atomic mass is 15.3. The van der Waals surface area contributed by atoms with Crippen molar-refractivity contribution in [2.45, 2.75) is 77.9 Å². The molecule has 0 amide bonds. The predicted molar refractivity (Wildman–Crippen MR) is 92.2 cm³/mol. The average Bonchev–Trinajstić information content (AvgIpc) is 3.26. The molecular weight excluding hydrogens is 288 g/mol. The van der Waals surface area contributed by atoms with E-state index in [1.807, 2.05) is 18.5 Å². The second-order valence-electron chi connectivity index (χ2n) is 7.89. The zero-order valence-electron chi connectivity index (χ0n) is 14.9. The van der Waals surface area contributed by atoms with Gasteiger partial charge in [-0.05, 0) is 50.9 Å². The van der Waals surface area contributed by atoms with Crippen LogP contribution in [0.25, 0.3) is 0 Å². The molecule has 0 aliphatic heterocycles. The molecule has 0 saturated heterocycles. The maximum absolute atomic E-state index is 4.75. The summed E-state index contributed by atoms with van der Waals surface area (Å²) in [5, 5.41) is 15.5. The summed E-state index contributed by atoms with van der Waals surface area (Å²) >= 11 is 0. The highest BCUT2D eigenvalue weighted by Gasteiger charge is 2.28. The Morgan fingerprint density at radius 2 is 1.74 bits per heavy atom. The van der Waals surface area contributed by atoms with Crippen molar-refractivity contribution in [2.75, 3.05) is 0 Å². The molecule has 128 valence electrons. The van der Waals surface area contributed by atoms with Gasteiger partial charge in [0.1, 0.15) is 12.4 Å². The normalized spacial score (nSPS) is 22.2. The molecule has 2 aliphatic carbocycles. The van der Waals surface area contributed by atoms with Crippen LogP contribution in [0.15, 0.2) is 4.99 Å². The van der Waals surface area contributed by atoms with Gasteiger partial charge >= 0.3 is 0 Å². The van der Waals surface area contributed by atoms with Gasteiger partial charge in [0.25, 0.3) is 0 Å². The van der Waals surface area contributed by atoms with Crippen molar-refractivity contribution in [1.82, 2.24) is 25.4 Å². The van der Waals surface area contributed by atoms with Crippen molar-refractivity contribution in [3.05, 3.63) is 11.6 Å². The monoisotopic (exact) mass is 318 g/mol. The van der Waals surface area contributed by atoms with Crippen LogP contribution in [0.3, 0.4) is 0 Å². The van der Waals surface area contributed by atoms with Crippen molar-refractivity contribution in [1.29, 1.82) is 0 Å². The van der Waals surface area contributed by atoms with Gasteiger partial charge in [0.05, 0.1) is 0 Å². The van der Waals surface area contributed by atoms with Crippen LogP contribution in [0.5, 0.6) is 0 Å². The van der Waals surface area contributed by atoms with E-state index in [9.17, 15) is 0 Å². The van der Waals surface area contributed by atoms with Crippen molar-refractivity contribution < 1.29 is 0 Å². The van der Waals surface area contributed by atoms with Crippen molar-refractivity contribution in [3.63, 3.8) is 0 Å². The molecule has 23 heavy (non-hydrogen) atoms. The lowest BCUT2D eigenvalue weighted by Crippen LogP contribution is -2.46. The number of rotatable bonds is 4. The van der Waals surface area contributed by atoms with Crippen LogP contribution in [0, 0.1) is 12.3 Å². The number of guanidine groups is 1. The molecule has 0 atom stereocenters. The summed E-state index contributed by atoms with van der Waals surface area (Å²) in [6.07, 6.45) is 7.51. The standard InChI is InChI=1S/C17H30N6/c1-12-21-22-15(23(12)4)11-18-16(19-13-5-6-13)20-14-7-9-17(2,3)10-8-14/h13-14H,5-11H2,1-4H3,(H2,18,19,20). The molecule has 1 heterocycles. The number of aryl methyl sites for hydroxylation is 1.